The van der Waals surface area contributed by atoms with Gasteiger partial charge in [0.1, 0.15) is 11.6 Å². The average molecular weight is 322 g/mol. The minimum Gasteiger partial charge on any atom is -0.357 e. The summed E-state index contributed by atoms with van der Waals surface area (Å²) >= 11 is 0. The summed E-state index contributed by atoms with van der Waals surface area (Å²) in [5.74, 6) is 2.72. The van der Waals surface area contributed by atoms with Crippen LogP contribution in [0.25, 0.3) is 23.5 Å². The molecule has 0 spiro atoms. The van der Waals surface area contributed by atoms with Crippen LogP contribution >= 0.6 is 0 Å². The Hall–Kier alpha value is -2.96. The van der Waals surface area contributed by atoms with E-state index in [9.17, 15) is 0 Å². The topological polar surface area (TPSA) is 83.7 Å². The minimum absolute atomic E-state index is 0.432. The van der Waals surface area contributed by atoms with Crippen LogP contribution in [0.5, 0.6) is 0 Å². The Morgan fingerprint density at radius 1 is 1.08 bits per heavy atom. The Morgan fingerprint density at radius 3 is 2.75 bits per heavy atom. The smallest absolute Gasteiger partial charge is 0.251 e. The molecule has 4 rings (SSSR count). The summed E-state index contributed by atoms with van der Waals surface area (Å²) in [4.78, 5) is 18.3. The quantitative estimate of drug-likeness (QED) is 0.795. The summed E-state index contributed by atoms with van der Waals surface area (Å²) < 4.78 is 5.24. The third kappa shape index (κ3) is 3.19. The van der Waals surface area contributed by atoms with Crippen molar-refractivity contribution in [1.29, 1.82) is 0 Å². The van der Waals surface area contributed by atoms with Crippen molar-refractivity contribution in [3.63, 3.8) is 0 Å². The van der Waals surface area contributed by atoms with E-state index in [1.807, 2.05) is 12.1 Å². The van der Waals surface area contributed by atoms with Gasteiger partial charge in [0.15, 0.2) is 0 Å². The first-order valence-corrected chi connectivity index (χ1v) is 8.11. The van der Waals surface area contributed by atoms with Crippen LogP contribution in [0.15, 0.2) is 35.2 Å². The highest BCUT2D eigenvalue weighted by atomic mass is 16.5. The molecule has 0 aliphatic carbocycles. The number of aromatic nitrogens is 5. The molecule has 1 N–H and O–H groups in total. The molecule has 122 valence electrons. The molecule has 7 heteroatoms. The molecule has 0 bridgehead atoms. The lowest BCUT2D eigenvalue weighted by molar-refractivity contribution is 0.411. The van der Waals surface area contributed by atoms with Crippen LogP contribution in [-0.2, 0) is 0 Å². The highest BCUT2D eigenvalue weighted by Crippen LogP contribution is 2.21. The van der Waals surface area contributed by atoms with Crippen molar-refractivity contribution in [2.24, 2.45) is 0 Å². The van der Waals surface area contributed by atoms with Gasteiger partial charge in [0.25, 0.3) is 5.89 Å². The first kappa shape index (κ1) is 14.6. The predicted octanol–water partition coefficient (Wildman–Crippen LogP) is 3.02. The van der Waals surface area contributed by atoms with Crippen molar-refractivity contribution in [1.82, 2.24) is 25.1 Å². The van der Waals surface area contributed by atoms with Gasteiger partial charge in [0, 0.05) is 43.3 Å². The van der Waals surface area contributed by atoms with E-state index in [0.717, 1.165) is 30.3 Å². The summed E-state index contributed by atoms with van der Waals surface area (Å²) in [5.41, 5.74) is 0.845. The number of hydrogen-bond acceptors (Lipinski definition) is 6. The zero-order valence-electron chi connectivity index (χ0n) is 13.2. The van der Waals surface area contributed by atoms with Gasteiger partial charge in [-0.2, -0.15) is 4.98 Å². The van der Waals surface area contributed by atoms with E-state index in [1.165, 1.54) is 19.3 Å². The van der Waals surface area contributed by atoms with Crippen LogP contribution in [0.3, 0.4) is 0 Å². The first-order valence-electron chi connectivity index (χ1n) is 8.11. The molecule has 24 heavy (non-hydrogen) atoms. The highest BCUT2D eigenvalue weighted by Gasteiger charge is 2.13. The van der Waals surface area contributed by atoms with Crippen molar-refractivity contribution in [2.45, 2.75) is 19.3 Å². The molecule has 0 atom stereocenters. The van der Waals surface area contributed by atoms with Gasteiger partial charge >= 0.3 is 0 Å². The molecule has 0 radical (unpaired) electrons. The van der Waals surface area contributed by atoms with E-state index < -0.39 is 0 Å². The Balaban J connectivity index is 1.47. The Bertz CT molecular complexity index is 800. The van der Waals surface area contributed by atoms with Crippen molar-refractivity contribution in [3.8, 4) is 11.4 Å². The highest BCUT2D eigenvalue weighted by molar-refractivity contribution is 5.63. The number of pyridine rings is 1. The average Bonchev–Trinajstić information content (AvgIpc) is 3.33. The van der Waals surface area contributed by atoms with Crippen molar-refractivity contribution >= 4 is 18.0 Å². The van der Waals surface area contributed by atoms with E-state index in [2.05, 4.69) is 30.0 Å². The zero-order valence-corrected chi connectivity index (χ0v) is 13.2. The summed E-state index contributed by atoms with van der Waals surface area (Å²) in [5, 5.41) is 4.01. The molecule has 7 nitrogen and oxygen atoms in total. The minimum atomic E-state index is 0.432. The number of rotatable bonds is 4. The second-order valence-electron chi connectivity index (χ2n) is 5.72. The molecular weight excluding hydrogens is 304 g/mol. The van der Waals surface area contributed by atoms with Gasteiger partial charge in [-0.3, -0.25) is 0 Å². The second kappa shape index (κ2) is 6.66. The molecule has 0 saturated carbocycles. The number of hydrogen-bond donors (Lipinski definition) is 1. The first-order chi connectivity index (χ1) is 11.9. The van der Waals surface area contributed by atoms with Crippen LogP contribution in [0, 0.1) is 0 Å². The van der Waals surface area contributed by atoms with Crippen LogP contribution in [0.4, 0.5) is 5.82 Å². The van der Waals surface area contributed by atoms with Gasteiger partial charge in [-0.25, -0.2) is 9.97 Å². The Kier molecular flexibility index (Phi) is 4.05. The van der Waals surface area contributed by atoms with E-state index in [0.29, 0.717) is 11.7 Å². The molecule has 1 fully saturated rings. The fourth-order valence-corrected chi connectivity index (χ4v) is 2.77. The summed E-state index contributed by atoms with van der Waals surface area (Å²) in [6.45, 7) is 2.16. The molecule has 1 saturated heterocycles. The number of nitrogens with one attached hydrogen (secondary N) is 1. The molecule has 3 aromatic rings. The third-order valence-corrected chi connectivity index (χ3v) is 4.03. The zero-order chi connectivity index (χ0) is 16.2. The maximum Gasteiger partial charge on any atom is 0.251 e. The number of piperidine rings is 1. The summed E-state index contributed by atoms with van der Waals surface area (Å²) in [6, 6.07) is 4.01. The van der Waals surface area contributed by atoms with Crippen LogP contribution in [-0.4, -0.2) is 38.2 Å². The number of aromatic amines is 1. The van der Waals surface area contributed by atoms with E-state index >= 15 is 0 Å². The number of anilines is 1. The molecule has 3 aromatic heterocycles. The molecule has 1 aliphatic rings. The van der Waals surface area contributed by atoms with Crippen LogP contribution in [0.2, 0.25) is 0 Å². The Morgan fingerprint density at radius 2 is 2.00 bits per heavy atom. The normalized spacial score (nSPS) is 15.2. The lowest BCUT2D eigenvalue weighted by atomic mass is 10.1. The van der Waals surface area contributed by atoms with E-state index in [4.69, 9.17) is 4.52 Å². The number of H-pyrrole nitrogens is 1. The van der Waals surface area contributed by atoms with Gasteiger partial charge in [-0.1, -0.05) is 5.16 Å². The molecular formula is C17H18N6O. The third-order valence-electron chi connectivity index (χ3n) is 4.03. The molecule has 4 heterocycles. The van der Waals surface area contributed by atoms with Gasteiger partial charge in [-0.05, 0) is 37.5 Å². The number of imidazole rings is 1. The molecule has 1 aliphatic heterocycles. The predicted molar refractivity (Wildman–Crippen MR) is 91.1 cm³/mol. The van der Waals surface area contributed by atoms with Crippen LogP contribution in [0.1, 0.15) is 31.0 Å². The van der Waals surface area contributed by atoms with Crippen molar-refractivity contribution in [3.05, 3.63) is 42.4 Å². The molecule has 0 amide bonds. The second-order valence-corrected chi connectivity index (χ2v) is 5.72. The van der Waals surface area contributed by atoms with Gasteiger partial charge in [0.2, 0.25) is 5.82 Å². The standard InChI is InChI=1S/C17H18N6O/c1-2-10-23(11-3-1)15-6-4-13(12-20-15)17-21-16(24-22-17)7-5-14-18-8-9-19-14/h4-9,12H,1-3,10-11H2,(H,18,19). The lowest BCUT2D eigenvalue weighted by Crippen LogP contribution is -2.29. The van der Waals surface area contributed by atoms with Gasteiger partial charge in [-0.15, -0.1) is 0 Å². The Labute approximate surface area is 139 Å². The molecule has 0 aromatic carbocycles. The lowest BCUT2D eigenvalue weighted by Gasteiger charge is -2.27. The van der Waals surface area contributed by atoms with E-state index in [1.54, 1.807) is 30.7 Å². The largest absolute Gasteiger partial charge is 0.357 e. The fourth-order valence-electron chi connectivity index (χ4n) is 2.77. The maximum absolute atomic E-state index is 5.24. The van der Waals surface area contributed by atoms with Crippen LogP contribution < -0.4 is 4.90 Å². The van der Waals surface area contributed by atoms with Gasteiger partial charge < -0.3 is 14.4 Å². The van der Waals surface area contributed by atoms with Crippen molar-refractivity contribution in [2.75, 3.05) is 18.0 Å². The van der Waals surface area contributed by atoms with E-state index in [-0.39, 0.29) is 0 Å². The fraction of sp³-hybridized carbons (Fsp3) is 0.294. The SMILES string of the molecule is C(=Cc1nc(-c2ccc(N3CCCCC3)nc2)no1)c1ncc[nH]1. The monoisotopic (exact) mass is 322 g/mol. The maximum atomic E-state index is 5.24. The summed E-state index contributed by atoms with van der Waals surface area (Å²) in [7, 11) is 0. The van der Waals surface area contributed by atoms with Gasteiger partial charge in [0.05, 0.1) is 0 Å². The summed E-state index contributed by atoms with van der Waals surface area (Å²) in [6.07, 6.45) is 12.5. The molecule has 0 unspecified atom stereocenters. The number of nitrogens with zero attached hydrogens (tertiary/aromatic N) is 5. The van der Waals surface area contributed by atoms with Crippen molar-refractivity contribution < 1.29 is 4.52 Å².